The topological polar surface area (TPSA) is 66.0 Å². The van der Waals surface area contributed by atoms with Crippen molar-refractivity contribution in [1.29, 1.82) is 0 Å². The molecule has 22 heavy (non-hydrogen) atoms. The van der Waals surface area contributed by atoms with E-state index >= 15 is 0 Å². The lowest BCUT2D eigenvalue weighted by Gasteiger charge is -2.10. The number of hydrogen-bond acceptors (Lipinski definition) is 3. The average Bonchev–Trinajstić information content (AvgIpc) is 3.28. The van der Waals surface area contributed by atoms with Crippen LogP contribution in [0.5, 0.6) is 0 Å². The first-order valence-electron chi connectivity index (χ1n) is 7.17. The average molecular weight is 361 g/mol. The number of urea groups is 1. The van der Waals surface area contributed by atoms with Gasteiger partial charge in [0.05, 0.1) is 17.6 Å². The predicted molar refractivity (Wildman–Crippen MR) is 91.6 cm³/mol. The molecule has 1 heterocycles. The fourth-order valence-electron chi connectivity index (χ4n) is 1.98. The molecule has 6 heteroatoms. The normalized spacial score (nSPS) is 13.5. The van der Waals surface area contributed by atoms with Gasteiger partial charge < -0.3 is 16.0 Å². The van der Waals surface area contributed by atoms with E-state index in [1.807, 2.05) is 37.3 Å². The first kappa shape index (κ1) is 14.8. The Bertz CT molecular complexity index is 683. The smallest absolute Gasteiger partial charge is 0.319 e. The fraction of sp³-hybridized carbons (Fsp3) is 0.250. The number of carbonyl (C=O) groups excluding carboxylic acids is 1. The van der Waals surface area contributed by atoms with Crippen LogP contribution < -0.4 is 16.0 Å². The number of nitrogens with zero attached hydrogens (tertiary/aromatic N) is 1. The van der Waals surface area contributed by atoms with Gasteiger partial charge in [0.1, 0.15) is 5.82 Å². The van der Waals surface area contributed by atoms with Gasteiger partial charge in [-0.15, -0.1) is 0 Å². The van der Waals surface area contributed by atoms with E-state index in [0.717, 1.165) is 28.8 Å². The molecule has 1 saturated carbocycles. The van der Waals surface area contributed by atoms with Gasteiger partial charge in [-0.25, -0.2) is 9.78 Å². The van der Waals surface area contributed by atoms with E-state index in [9.17, 15) is 4.79 Å². The molecule has 1 fully saturated rings. The van der Waals surface area contributed by atoms with Crippen molar-refractivity contribution in [2.45, 2.75) is 25.8 Å². The molecule has 0 bridgehead atoms. The number of hydrogen-bond donors (Lipinski definition) is 3. The second-order valence-electron chi connectivity index (χ2n) is 5.41. The zero-order valence-electron chi connectivity index (χ0n) is 12.2. The van der Waals surface area contributed by atoms with Gasteiger partial charge in [-0.1, -0.05) is 6.07 Å². The van der Waals surface area contributed by atoms with Crippen LogP contribution >= 0.6 is 15.9 Å². The number of benzene rings is 1. The van der Waals surface area contributed by atoms with E-state index in [2.05, 4.69) is 36.9 Å². The Morgan fingerprint density at radius 2 is 2.09 bits per heavy atom. The number of rotatable bonds is 4. The van der Waals surface area contributed by atoms with Gasteiger partial charge in [-0.3, -0.25) is 0 Å². The van der Waals surface area contributed by atoms with Gasteiger partial charge in [0, 0.05) is 10.5 Å². The molecule has 2 amide bonds. The molecular formula is C16H17BrN4O. The van der Waals surface area contributed by atoms with Crippen molar-refractivity contribution >= 4 is 39.2 Å². The lowest BCUT2D eigenvalue weighted by Crippen LogP contribution is -2.30. The second-order valence-corrected chi connectivity index (χ2v) is 6.27. The van der Waals surface area contributed by atoms with Crippen LogP contribution in [0.3, 0.4) is 0 Å². The molecule has 0 aliphatic heterocycles. The Hall–Kier alpha value is -2.08. The fourth-order valence-corrected chi connectivity index (χ4v) is 2.57. The third-order valence-corrected chi connectivity index (χ3v) is 3.98. The minimum absolute atomic E-state index is 0.175. The van der Waals surface area contributed by atoms with Crippen LogP contribution in [0, 0.1) is 6.92 Å². The molecule has 2 aromatic rings. The summed E-state index contributed by atoms with van der Waals surface area (Å²) in [4.78, 5) is 16.0. The Balaban J connectivity index is 1.62. The van der Waals surface area contributed by atoms with Crippen LogP contribution in [0.2, 0.25) is 0 Å². The maximum Gasteiger partial charge on any atom is 0.319 e. The first-order chi connectivity index (χ1) is 10.6. The maximum absolute atomic E-state index is 11.6. The number of aromatic nitrogens is 1. The molecular weight excluding hydrogens is 344 g/mol. The van der Waals surface area contributed by atoms with Gasteiger partial charge >= 0.3 is 6.03 Å². The van der Waals surface area contributed by atoms with E-state index < -0.39 is 0 Å². The third kappa shape index (κ3) is 3.98. The highest BCUT2D eigenvalue weighted by Gasteiger charge is 2.23. The Morgan fingerprint density at radius 1 is 1.27 bits per heavy atom. The predicted octanol–water partition coefficient (Wildman–Crippen LogP) is 4.18. The number of carbonyl (C=O) groups is 1. The zero-order valence-corrected chi connectivity index (χ0v) is 13.8. The van der Waals surface area contributed by atoms with Gasteiger partial charge in [0.25, 0.3) is 0 Å². The monoisotopic (exact) mass is 360 g/mol. The number of aryl methyl sites for hydroxylation is 1. The molecule has 3 N–H and O–H groups in total. The second kappa shape index (κ2) is 6.36. The van der Waals surface area contributed by atoms with E-state index in [4.69, 9.17) is 0 Å². The van der Waals surface area contributed by atoms with Crippen molar-refractivity contribution in [3.8, 4) is 0 Å². The highest BCUT2D eigenvalue weighted by atomic mass is 79.9. The molecule has 5 nitrogen and oxygen atoms in total. The van der Waals surface area contributed by atoms with Crippen LogP contribution in [0.1, 0.15) is 18.4 Å². The van der Waals surface area contributed by atoms with Gasteiger partial charge in [0.15, 0.2) is 0 Å². The van der Waals surface area contributed by atoms with E-state index in [-0.39, 0.29) is 6.03 Å². The SMILES string of the molecule is Cc1ccc(Nc2ccc(NC(=O)NC3CC3)cn2)c(Br)c1. The van der Waals surface area contributed by atoms with Crippen molar-refractivity contribution in [3.63, 3.8) is 0 Å². The molecule has 1 aliphatic rings. The number of pyridine rings is 1. The summed E-state index contributed by atoms with van der Waals surface area (Å²) in [6.07, 6.45) is 3.77. The molecule has 114 valence electrons. The summed E-state index contributed by atoms with van der Waals surface area (Å²) in [5.41, 5.74) is 2.81. The maximum atomic E-state index is 11.6. The molecule has 0 saturated heterocycles. The number of amides is 2. The molecule has 1 aromatic carbocycles. The lowest BCUT2D eigenvalue weighted by atomic mass is 10.2. The van der Waals surface area contributed by atoms with Crippen molar-refractivity contribution in [2.75, 3.05) is 10.6 Å². The summed E-state index contributed by atoms with van der Waals surface area (Å²) in [6.45, 7) is 2.04. The quantitative estimate of drug-likeness (QED) is 0.765. The lowest BCUT2D eigenvalue weighted by molar-refractivity contribution is 0.251. The van der Waals surface area contributed by atoms with Crippen LogP contribution in [-0.4, -0.2) is 17.1 Å². The van der Waals surface area contributed by atoms with Crippen molar-refractivity contribution < 1.29 is 4.79 Å². The number of halogens is 1. The van der Waals surface area contributed by atoms with Crippen molar-refractivity contribution in [1.82, 2.24) is 10.3 Å². The molecule has 0 radical (unpaired) electrons. The van der Waals surface area contributed by atoms with Gasteiger partial charge in [0.2, 0.25) is 0 Å². The minimum Gasteiger partial charge on any atom is -0.339 e. The Kier molecular flexibility index (Phi) is 4.29. The summed E-state index contributed by atoms with van der Waals surface area (Å²) in [5.74, 6) is 0.720. The molecule has 0 unspecified atom stereocenters. The van der Waals surface area contributed by atoms with Gasteiger partial charge in [-0.2, -0.15) is 0 Å². The van der Waals surface area contributed by atoms with Crippen molar-refractivity contribution in [2.24, 2.45) is 0 Å². The van der Waals surface area contributed by atoms with E-state index in [1.54, 1.807) is 6.20 Å². The highest BCUT2D eigenvalue weighted by molar-refractivity contribution is 9.10. The van der Waals surface area contributed by atoms with Crippen LogP contribution in [0.25, 0.3) is 0 Å². The largest absolute Gasteiger partial charge is 0.339 e. The van der Waals surface area contributed by atoms with Crippen LogP contribution in [-0.2, 0) is 0 Å². The van der Waals surface area contributed by atoms with E-state index in [1.165, 1.54) is 5.56 Å². The summed E-state index contributed by atoms with van der Waals surface area (Å²) < 4.78 is 0.986. The number of nitrogens with one attached hydrogen (secondary N) is 3. The first-order valence-corrected chi connectivity index (χ1v) is 7.96. The summed E-state index contributed by atoms with van der Waals surface area (Å²) in [5, 5.41) is 8.88. The molecule has 1 aliphatic carbocycles. The Labute approximate surface area is 137 Å². The van der Waals surface area contributed by atoms with Crippen LogP contribution in [0.4, 0.5) is 22.0 Å². The third-order valence-electron chi connectivity index (χ3n) is 3.32. The van der Waals surface area contributed by atoms with E-state index in [0.29, 0.717) is 11.7 Å². The van der Waals surface area contributed by atoms with Gasteiger partial charge in [-0.05, 0) is 65.5 Å². The standard InChI is InChI=1S/C16H17BrN4O/c1-10-2-6-14(13(17)8-10)21-15-7-5-12(9-18-15)20-16(22)19-11-3-4-11/h2,5-9,11H,3-4H2,1H3,(H,18,21)(H2,19,20,22). The van der Waals surface area contributed by atoms with Crippen LogP contribution in [0.15, 0.2) is 41.0 Å². The minimum atomic E-state index is -0.175. The Morgan fingerprint density at radius 3 is 2.73 bits per heavy atom. The zero-order chi connectivity index (χ0) is 15.5. The number of anilines is 3. The summed E-state index contributed by atoms with van der Waals surface area (Å²) >= 11 is 3.52. The molecule has 3 rings (SSSR count). The molecule has 0 spiro atoms. The highest BCUT2D eigenvalue weighted by Crippen LogP contribution is 2.26. The molecule has 1 aromatic heterocycles. The van der Waals surface area contributed by atoms with Crippen molar-refractivity contribution in [3.05, 3.63) is 46.6 Å². The summed E-state index contributed by atoms with van der Waals surface area (Å²) in [6, 6.07) is 9.89. The summed E-state index contributed by atoms with van der Waals surface area (Å²) in [7, 11) is 0. The molecule has 0 atom stereocenters.